The first-order valence-electron chi connectivity index (χ1n) is 9.81. The highest BCUT2D eigenvalue weighted by Gasteiger charge is 2.25. The fourth-order valence-corrected chi connectivity index (χ4v) is 3.55. The highest BCUT2D eigenvalue weighted by atomic mass is 16.2. The Morgan fingerprint density at radius 3 is 2.32 bits per heavy atom. The lowest BCUT2D eigenvalue weighted by Gasteiger charge is -2.26. The van der Waals surface area contributed by atoms with Crippen molar-refractivity contribution in [1.29, 1.82) is 5.26 Å². The van der Waals surface area contributed by atoms with E-state index in [2.05, 4.69) is 10.6 Å². The number of rotatable bonds is 6. The molecule has 2 aromatic rings. The van der Waals surface area contributed by atoms with Crippen LogP contribution in [0, 0.1) is 11.3 Å². The quantitative estimate of drug-likeness (QED) is 0.812. The van der Waals surface area contributed by atoms with Crippen molar-refractivity contribution in [3.8, 4) is 6.07 Å². The molecule has 1 fully saturated rings. The average molecular weight is 375 g/mol. The maximum absolute atomic E-state index is 12.9. The van der Waals surface area contributed by atoms with Crippen LogP contribution in [-0.2, 0) is 11.2 Å². The van der Waals surface area contributed by atoms with E-state index in [0.29, 0.717) is 17.5 Å². The van der Waals surface area contributed by atoms with Gasteiger partial charge >= 0.3 is 0 Å². The second kappa shape index (κ2) is 9.70. The summed E-state index contributed by atoms with van der Waals surface area (Å²) in [5.74, 6) is -0.457. The van der Waals surface area contributed by atoms with Crippen molar-refractivity contribution in [2.75, 3.05) is 0 Å². The van der Waals surface area contributed by atoms with E-state index in [1.165, 1.54) is 6.42 Å². The van der Waals surface area contributed by atoms with E-state index in [1.807, 2.05) is 36.4 Å². The molecule has 0 aliphatic heterocycles. The number of carbonyl (C=O) groups is 2. The Hall–Kier alpha value is -3.13. The van der Waals surface area contributed by atoms with E-state index in [9.17, 15) is 9.59 Å². The molecule has 5 nitrogen and oxygen atoms in total. The van der Waals surface area contributed by atoms with Gasteiger partial charge in [-0.15, -0.1) is 0 Å². The van der Waals surface area contributed by atoms with Crippen molar-refractivity contribution in [2.24, 2.45) is 0 Å². The number of nitrogens with zero attached hydrogens (tertiary/aromatic N) is 1. The van der Waals surface area contributed by atoms with Crippen molar-refractivity contribution in [3.63, 3.8) is 0 Å². The number of nitriles is 1. The van der Waals surface area contributed by atoms with Gasteiger partial charge in [0.25, 0.3) is 5.91 Å². The number of benzene rings is 2. The summed E-state index contributed by atoms with van der Waals surface area (Å²) in [6, 6.07) is 17.7. The first-order valence-corrected chi connectivity index (χ1v) is 9.81. The van der Waals surface area contributed by atoms with Crippen LogP contribution in [0.1, 0.15) is 53.6 Å². The van der Waals surface area contributed by atoms with E-state index in [1.54, 1.807) is 24.3 Å². The summed E-state index contributed by atoms with van der Waals surface area (Å²) >= 11 is 0. The summed E-state index contributed by atoms with van der Waals surface area (Å²) in [6.45, 7) is 0. The highest BCUT2D eigenvalue weighted by Crippen LogP contribution is 2.17. The Kier molecular flexibility index (Phi) is 6.80. The summed E-state index contributed by atoms with van der Waals surface area (Å²) in [5, 5.41) is 14.9. The van der Waals surface area contributed by atoms with Gasteiger partial charge in [0.05, 0.1) is 11.6 Å². The number of hydrogen-bond donors (Lipinski definition) is 2. The molecule has 2 aromatic carbocycles. The number of nitrogens with one attached hydrogen (secondary N) is 2. The molecule has 0 saturated heterocycles. The fourth-order valence-electron chi connectivity index (χ4n) is 3.55. The van der Waals surface area contributed by atoms with Crippen molar-refractivity contribution >= 4 is 11.8 Å². The zero-order valence-electron chi connectivity index (χ0n) is 15.9. The van der Waals surface area contributed by atoms with Gasteiger partial charge in [0.1, 0.15) is 6.04 Å². The monoisotopic (exact) mass is 375 g/mol. The number of amides is 2. The summed E-state index contributed by atoms with van der Waals surface area (Å²) in [6.07, 6.45) is 5.90. The topological polar surface area (TPSA) is 82.0 Å². The number of hydrogen-bond acceptors (Lipinski definition) is 3. The van der Waals surface area contributed by atoms with E-state index in [-0.39, 0.29) is 17.9 Å². The normalized spacial score (nSPS) is 15.2. The third kappa shape index (κ3) is 5.43. The van der Waals surface area contributed by atoms with Gasteiger partial charge < -0.3 is 10.6 Å². The Bertz CT molecular complexity index is 834. The maximum atomic E-state index is 12.9. The van der Waals surface area contributed by atoms with Gasteiger partial charge in [-0.2, -0.15) is 5.26 Å². The van der Waals surface area contributed by atoms with Crippen LogP contribution in [0.4, 0.5) is 0 Å². The number of carbonyl (C=O) groups excluding carboxylic acids is 2. The Balaban J connectivity index is 1.71. The van der Waals surface area contributed by atoms with Gasteiger partial charge in [-0.25, -0.2) is 0 Å². The lowest BCUT2D eigenvalue weighted by molar-refractivity contribution is -0.123. The van der Waals surface area contributed by atoms with Crippen molar-refractivity contribution in [2.45, 2.75) is 50.6 Å². The molecule has 0 bridgehead atoms. The third-order valence-electron chi connectivity index (χ3n) is 5.13. The van der Waals surface area contributed by atoms with Crippen LogP contribution in [0.2, 0.25) is 0 Å². The molecule has 0 radical (unpaired) electrons. The minimum Gasteiger partial charge on any atom is -0.352 e. The molecule has 2 amide bonds. The zero-order valence-corrected chi connectivity index (χ0v) is 15.9. The fraction of sp³-hybridized carbons (Fsp3) is 0.348. The average Bonchev–Trinajstić information content (AvgIpc) is 2.74. The van der Waals surface area contributed by atoms with Crippen LogP contribution < -0.4 is 10.6 Å². The molecular formula is C23H25N3O2. The summed E-state index contributed by atoms with van der Waals surface area (Å²) in [7, 11) is 0. The predicted octanol–water partition coefficient (Wildman–Crippen LogP) is 3.35. The van der Waals surface area contributed by atoms with E-state index in [4.69, 9.17) is 5.26 Å². The molecular weight excluding hydrogens is 350 g/mol. The van der Waals surface area contributed by atoms with Crippen LogP contribution in [0.5, 0.6) is 0 Å². The van der Waals surface area contributed by atoms with Crippen molar-refractivity contribution in [3.05, 3.63) is 71.3 Å². The Labute approximate surface area is 165 Å². The van der Waals surface area contributed by atoms with E-state index in [0.717, 1.165) is 31.2 Å². The van der Waals surface area contributed by atoms with Crippen LogP contribution in [0.3, 0.4) is 0 Å². The lowest BCUT2D eigenvalue weighted by atomic mass is 9.95. The van der Waals surface area contributed by atoms with Crippen LogP contribution in [0.15, 0.2) is 54.6 Å². The van der Waals surface area contributed by atoms with Crippen molar-refractivity contribution in [1.82, 2.24) is 10.6 Å². The van der Waals surface area contributed by atoms with Gasteiger partial charge in [-0.3, -0.25) is 9.59 Å². The third-order valence-corrected chi connectivity index (χ3v) is 5.13. The summed E-state index contributed by atoms with van der Waals surface area (Å²) in [5.41, 5.74) is 1.92. The van der Waals surface area contributed by atoms with Gasteiger partial charge in [0.2, 0.25) is 5.91 Å². The van der Waals surface area contributed by atoms with E-state index >= 15 is 0 Å². The van der Waals surface area contributed by atoms with Crippen molar-refractivity contribution < 1.29 is 9.59 Å². The van der Waals surface area contributed by atoms with Gasteiger partial charge in [-0.05, 0) is 42.7 Å². The second-order valence-corrected chi connectivity index (χ2v) is 7.25. The molecule has 5 heteroatoms. The zero-order chi connectivity index (χ0) is 19.8. The molecule has 1 saturated carbocycles. The summed E-state index contributed by atoms with van der Waals surface area (Å²) < 4.78 is 0. The van der Waals surface area contributed by atoms with Gasteiger partial charge in [-0.1, -0.05) is 49.6 Å². The molecule has 0 aromatic heterocycles. The van der Waals surface area contributed by atoms with Crippen LogP contribution >= 0.6 is 0 Å². The maximum Gasteiger partial charge on any atom is 0.251 e. The molecule has 1 aliphatic rings. The van der Waals surface area contributed by atoms with Crippen LogP contribution in [0.25, 0.3) is 0 Å². The molecule has 144 valence electrons. The molecule has 28 heavy (non-hydrogen) atoms. The predicted molar refractivity (Wildman–Crippen MR) is 108 cm³/mol. The Morgan fingerprint density at radius 2 is 1.68 bits per heavy atom. The molecule has 1 unspecified atom stereocenters. The highest BCUT2D eigenvalue weighted by molar-refractivity contribution is 5.97. The smallest absolute Gasteiger partial charge is 0.251 e. The second-order valence-electron chi connectivity index (χ2n) is 7.25. The van der Waals surface area contributed by atoms with Crippen LogP contribution in [-0.4, -0.2) is 23.9 Å². The molecule has 1 aliphatic carbocycles. The SMILES string of the molecule is N#Cc1ccc(C(=O)NC(Cc2ccccc2)C(=O)NC2CCCCC2)cc1. The minimum atomic E-state index is -0.646. The standard InChI is InChI=1S/C23H25N3O2/c24-16-18-11-13-19(14-12-18)22(27)26-21(15-17-7-3-1-4-8-17)23(28)25-20-9-5-2-6-10-20/h1,3-4,7-8,11-14,20-21H,2,5-6,9-10,15H2,(H,25,28)(H,26,27). The molecule has 2 N–H and O–H groups in total. The summed E-state index contributed by atoms with van der Waals surface area (Å²) in [4.78, 5) is 25.6. The molecule has 0 spiro atoms. The Morgan fingerprint density at radius 1 is 1.00 bits per heavy atom. The minimum absolute atomic E-state index is 0.141. The largest absolute Gasteiger partial charge is 0.352 e. The first kappa shape index (κ1) is 19.6. The van der Waals surface area contributed by atoms with Gasteiger partial charge in [0.15, 0.2) is 0 Å². The van der Waals surface area contributed by atoms with Gasteiger partial charge in [0, 0.05) is 18.0 Å². The molecule has 1 atom stereocenters. The molecule has 0 heterocycles. The molecule has 3 rings (SSSR count). The van der Waals surface area contributed by atoms with E-state index < -0.39 is 6.04 Å². The first-order chi connectivity index (χ1) is 13.7. The lowest BCUT2D eigenvalue weighted by Crippen LogP contribution is -2.51.